The highest BCUT2D eigenvalue weighted by Gasteiger charge is 2.24. The second-order valence-electron chi connectivity index (χ2n) is 5.57. The Bertz CT molecular complexity index is 638. The van der Waals surface area contributed by atoms with Crippen molar-refractivity contribution >= 4 is 17.3 Å². The third-order valence-electron chi connectivity index (χ3n) is 3.50. The van der Waals surface area contributed by atoms with E-state index in [9.17, 15) is 5.11 Å². The van der Waals surface area contributed by atoms with Crippen molar-refractivity contribution in [2.75, 3.05) is 13.1 Å². The van der Waals surface area contributed by atoms with Crippen molar-refractivity contribution in [3.05, 3.63) is 52.0 Å². The van der Waals surface area contributed by atoms with Crippen LogP contribution >= 0.6 is 11.3 Å². The standard InChI is InChI=1S/C17H24N4OS/c1-4-18-16(20-11-14-13(2)7-5-9-19-14)21-12-17(3,22)15-8-6-10-23-15/h5-10,22H,4,11-12H2,1-3H3,(H2,18,20,21). The van der Waals surface area contributed by atoms with Crippen LogP contribution in [-0.2, 0) is 12.1 Å². The first-order valence-electron chi connectivity index (χ1n) is 7.72. The van der Waals surface area contributed by atoms with E-state index in [1.54, 1.807) is 24.5 Å². The summed E-state index contributed by atoms with van der Waals surface area (Å²) in [5.41, 5.74) is 1.15. The van der Waals surface area contributed by atoms with Crippen molar-refractivity contribution < 1.29 is 5.11 Å². The molecule has 23 heavy (non-hydrogen) atoms. The molecule has 0 aliphatic heterocycles. The van der Waals surface area contributed by atoms with E-state index in [0.29, 0.717) is 19.0 Å². The van der Waals surface area contributed by atoms with E-state index in [0.717, 1.165) is 22.7 Å². The lowest BCUT2D eigenvalue weighted by Crippen LogP contribution is -2.44. The molecule has 0 aliphatic rings. The first-order valence-corrected chi connectivity index (χ1v) is 8.60. The molecule has 0 amide bonds. The Morgan fingerprint density at radius 2 is 2.17 bits per heavy atom. The van der Waals surface area contributed by atoms with Gasteiger partial charge in [0, 0.05) is 17.6 Å². The quantitative estimate of drug-likeness (QED) is 0.561. The van der Waals surface area contributed by atoms with Crippen molar-refractivity contribution in [3.8, 4) is 0 Å². The molecule has 0 spiro atoms. The van der Waals surface area contributed by atoms with Crippen molar-refractivity contribution in [1.29, 1.82) is 0 Å². The molecule has 5 nitrogen and oxygen atoms in total. The van der Waals surface area contributed by atoms with Gasteiger partial charge in [0.1, 0.15) is 5.60 Å². The molecule has 124 valence electrons. The predicted molar refractivity (Wildman–Crippen MR) is 95.7 cm³/mol. The van der Waals surface area contributed by atoms with E-state index >= 15 is 0 Å². The number of aryl methyl sites for hydroxylation is 1. The van der Waals surface area contributed by atoms with Crippen LogP contribution in [-0.4, -0.2) is 29.1 Å². The summed E-state index contributed by atoms with van der Waals surface area (Å²) in [6.07, 6.45) is 1.78. The molecule has 0 aromatic carbocycles. The largest absolute Gasteiger partial charge is 0.383 e. The van der Waals surface area contributed by atoms with E-state index < -0.39 is 5.60 Å². The fourth-order valence-electron chi connectivity index (χ4n) is 2.11. The maximum absolute atomic E-state index is 10.6. The molecule has 0 radical (unpaired) electrons. The Hall–Kier alpha value is -1.92. The Labute approximate surface area is 141 Å². The van der Waals surface area contributed by atoms with Crippen molar-refractivity contribution in [3.63, 3.8) is 0 Å². The molecule has 0 bridgehead atoms. The normalized spacial score (nSPS) is 14.3. The zero-order chi connectivity index (χ0) is 16.7. The molecule has 2 heterocycles. The molecule has 6 heteroatoms. The maximum atomic E-state index is 10.6. The predicted octanol–water partition coefficient (Wildman–Crippen LogP) is 2.41. The van der Waals surface area contributed by atoms with Crippen LogP contribution in [0.25, 0.3) is 0 Å². The summed E-state index contributed by atoms with van der Waals surface area (Å²) in [5.74, 6) is 0.675. The molecule has 0 saturated heterocycles. The summed E-state index contributed by atoms with van der Waals surface area (Å²) >= 11 is 1.55. The van der Waals surface area contributed by atoms with Crippen LogP contribution in [0, 0.1) is 6.92 Å². The molecule has 2 aromatic rings. The number of aliphatic hydroxyl groups is 1. The van der Waals surface area contributed by atoms with Gasteiger partial charge >= 0.3 is 0 Å². The summed E-state index contributed by atoms with van der Waals surface area (Å²) in [5, 5.41) is 18.9. The van der Waals surface area contributed by atoms with Gasteiger partial charge in [0.2, 0.25) is 0 Å². The lowest BCUT2D eigenvalue weighted by molar-refractivity contribution is 0.0655. The number of aromatic nitrogens is 1. The molecule has 2 aromatic heterocycles. The number of nitrogens with zero attached hydrogens (tertiary/aromatic N) is 2. The number of aliphatic imine (C=N–C) groups is 1. The molecule has 0 saturated carbocycles. The van der Waals surface area contributed by atoms with Gasteiger partial charge in [0.05, 0.1) is 18.8 Å². The summed E-state index contributed by atoms with van der Waals surface area (Å²) in [6.45, 7) is 7.50. The number of thiophene rings is 1. The van der Waals surface area contributed by atoms with Crippen LogP contribution in [0.1, 0.15) is 30.0 Å². The number of hydrogen-bond acceptors (Lipinski definition) is 4. The number of nitrogens with one attached hydrogen (secondary N) is 2. The molecule has 0 aliphatic carbocycles. The monoisotopic (exact) mass is 332 g/mol. The van der Waals surface area contributed by atoms with Crippen molar-refractivity contribution in [1.82, 2.24) is 15.6 Å². The average molecular weight is 332 g/mol. The third kappa shape index (κ3) is 5.04. The van der Waals surface area contributed by atoms with Gasteiger partial charge < -0.3 is 15.7 Å². The molecule has 1 atom stereocenters. The zero-order valence-corrected chi connectivity index (χ0v) is 14.7. The number of hydrogen-bond donors (Lipinski definition) is 3. The van der Waals surface area contributed by atoms with Gasteiger partial charge in [-0.3, -0.25) is 4.98 Å². The van der Waals surface area contributed by atoms with E-state index in [1.807, 2.05) is 43.5 Å². The second kappa shape index (κ2) is 8.08. The average Bonchev–Trinajstić information content (AvgIpc) is 3.07. The number of guanidine groups is 1. The van der Waals surface area contributed by atoms with Gasteiger partial charge in [-0.15, -0.1) is 11.3 Å². The topological polar surface area (TPSA) is 69.5 Å². The van der Waals surface area contributed by atoms with Crippen LogP contribution in [0.5, 0.6) is 0 Å². The van der Waals surface area contributed by atoms with Gasteiger partial charge in [0.15, 0.2) is 5.96 Å². The SMILES string of the molecule is CCNC(=NCc1ncccc1C)NCC(C)(O)c1cccs1. The Kier molecular flexibility index (Phi) is 6.12. The Morgan fingerprint density at radius 1 is 1.35 bits per heavy atom. The van der Waals surface area contributed by atoms with Gasteiger partial charge in [-0.1, -0.05) is 12.1 Å². The van der Waals surface area contributed by atoms with Crippen molar-refractivity contribution in [2.24, 2.45) is 4.99 Å². The molecular weight excluding hydrogens is 308 g/mol. The summed E-state index contributed by atoms with van der Waals surface area (Å²) in [7, 11) is 0. The summed E-state index contributed by atoms with van der Waals surface area (Å²) in [6, 6.07) is 7.83. The van der Waals surface area contributed by atoms with Gasteiger partial charge in [-0.05, 0) is 43.8 Å². The van der Waals surface area contributed by atoms with E-state index in [2.05, 4.69) is 20.6 Å². The van der Waals surface area contributed by atoms with E-state index in [4.69, 9.17) is 0 Å². The first kappa shape index (κ1) is 17.4. The Balaban J connectivity index is 2.01. The smallest absolute Gasteiger partial charge is 0.191 e. The van der Waals surface area contributed by atoms with Crippen LogP contribution in [0.3, 0.4) is 0 Å². The number of pyridine rings is 1. The molecule has 1 unspecified atom stereocenters. The van der Waals surface area contributed by atoms with E-state index in [-0.39, 0.29) is 0 Å². The van der Waals surface area contributed by atoms with Crippen LogP contribution in [0.15, 0.2) is 40.8 Å². The molecule has 2 rings (SSSR count). The molecule has 3 N–H and O–H groups in total. The minimum absolute atomic E-state index is 0.389. The fourth-order valence-corrected chi connectivity index (χ4v) is 2.89. The minimum Gasteiger partial charge on any atom is -0.383 e. The lowest BCUT2D eigenvalue weighted by Gasteiger charge is -2.23. The van der Waals surface area contributed by atoms with Crippen LogP contribution < -0.4 is 10.6 Å². The highest BCUT2D eigenvalue weighted by atomic mass is 32.1. The zero-order valence-electron chi connectivity index (χ0n) is 13.8. The van der Waals surface area contributed by atoms with Gasteiger partial charge in [0.25, 0.3) is 0 Å². The lowest BCUT2D eigenvalue weighted by atomic mass is 10.1. The highest BCUT2D eigenvalue weighted by Crippen LogP contribution is 2.24. The minimum atomic E-state index is -0.925. The highest BCUT2D eigenvalue weighted by molar-refractivity contribution is 7.10. The summed E-state index contributed by atoms with van der Waals surface area (Å²) in [4.78, 5) is 9.83. The Morgan fingerprint density at radius 3 is 2.83 bits per heavy atom. The first-order chi connectivity index (χ1) is 11.0. The van der Waals surface area contributed by atoms with Gasteiger partial charge in [-0.25, -0.2) is 4.99 Å². The molecule has 0 fully saturated rings. The third-order valence-corrected chi connectivity index (χ3v) is 4.62. The second-order valence-corrected chi connectivity index (χ2v) is 6.51. The van der Waals surface area contributed by atoms with Gasteiger partial charge in [-0.2, -0.15) is 0 Å². The maximum Gasteiger partial charge on any atom is 0.191 e. The van der Waals surface area contributed by atoms with Crippen LogP contribution in [0.4, 0.5) is 0 Å². The van der Waals surface area contributed by atoms with Crippen molar-refractivity contribution in [2.45, 2.75) is 32.9 Å². The van der Waals surface area contributed by atoms with E-state index in [1.165, 1.54) is 0 Å². The fraction of sp³-hybridized carbons (Fsp3) is 0.412. The molecular formula is C17H24N4OS. The number of rotatable bonds is 6. The van der Waals surface area contributed by atoms with Crippen LogP contribution in [0.2, 0.25) is 0 Å². The summed E-state index contributed by atoms with van der Waals surface area (Å²) < 4.78 is 0.